The Labute approximate surface area is 183 Å². The molecule has 164 valence electrons. The second kappa shape index (κ2) is 8.43. The minimum Gasteiger partial charge on any atom is -0.369 e. The smallest absolute Gasteiger partial charge is 0.243 e. The van der Waals surface area contributed by atoms with Crippen LogP contribution < -0.4 is 9.80 Å². The number of ketones is 1. The Kier molecular flexibility index (Phi) is 5.85. The summed E-state index contributed by atoms with van der Waals surface area (Å²) in [6.07, 6.45) is 1.38. The Balaban J connectivity index is 1.46. The van der Waals surface area contributed by atoms with Crippen molar-refractivity contribution in [3.8, 4) is 0 Å². The van der Waals surface area contributed by atoms with Gasteiger partial charge in [-0.05, 0) is 68.3 Å². The molecule has 0 bridgehead atoms. The number of carbonyl (C=O) groups is 2. The van der Waals surface area contributed by atoms with E-state index < -0.39 is 10.0 Å². The zero-order valence-electron chi connectivity index (χ0n) is 17.9. The summed E-state index contributed by atoms with van der Waals surface area (Å²) in [4.78, 5) is 27.6. The number of hydrogen-bond acceptors (Lipinski definition) is 5. The topological polar surface area (TPSA) is 78.0 Å². The van der Waals surface area contributed by atoms with Gasteiger partial charge >= 0.3 is 0 Å². The second-order valence-corrected chi connectivity index (χ2v) is 10.00. The first-order valence-corrected chi connectivity index (χ1v) is 12.0. The van der Waals surface area contributed by atoms with E-state index in [9.17, 15) is 18.0 Å². The van der Waals surface area contributed by atoms with Gasteiger partial charge in [0.15, 0.2) is 5.78 Å². The molecule has 0 aliphatic carbocycles. The summed E-state index contributed by atoms with van der Waals surface area (Å²) in [5, 5.41) is 0. The van der Waals surface area contributed by atoms with E-state index in [1.165, 1.54) is 11.2 Å². The van der Waals surface area contributed by atoms with Gasteiger partial charge in [-0.2, -0.15) is 4.31 Å². The van der Waals surface area contributed by atoms with Gasteiger partial charge in [-0.15, -0.1) is 0 Å². The second-order valence-electron chi connectivity index (χ2n) is 8.09. The number of sulfonamides is 1. The molecule has 1 amide bonds. The van der Waals surface area contributed by atoms with Crippen LogP contribution in [-0.2, 0) is 14.8 Å². The van der Waals surface area contributed by atoms with E-state index in [-0.39, 0.29) is 11.7 Å². The zero-order valence-corrected chi connectivity index (χ0v) is 18.7. The summed E-state index contributed by atoms with van der Waals surface area (Å²) in [5.41, 5.74) is 3.06. The minimum atomic E-state index is -3.61. The van der Waals surface area contributed by atoms with E-state index in [0.29, 0.717) is 55.2 Å². The van der Waals surface area contributed by atoms with Crippen LogP contribution in [0.4, 0.5) is 11.4 Å². The Bertz CT molecular complexity index is 1100. The fourth-order valence-electron chi connectivity index (χ4n) is 4.24. The van der Waals surface area contributed by atoms with Crippen molar-refractivity contribution in [1.82, 2.24) is 4.31 Å². The zero-order chi connectivity index (χ0) is 22.2. The van der Waals surface area contributed by atoms with E-state index in [1.54, 1.807) is 42.2 Å². The predicted molar refractivity (Wildman–Crippen MR) is 120 cm³/mol. The van der Waals surface area contributed by atoms with Crippen LogP contribution in [0.1, 0.15) is 35.7 Å². The number of Topliss-reactive ketones (excluding diaryl/α,β-unsaturated/α-hetero) is 1. The third-order valence-corrected chi connectivity index (χ3v) is 8.10. The van der Waals surface area contributed by atoms with E-state index in [2.05, 4.69) is 4.90 Å². The Morgan fingerprint density at radius 1 is 0.903 bits per heavy atom. The summed E-state index contributed by atoms with van der Waals surface area (Å²) < 4.78 is 28.0. The molecular formula is C23H27N3O4S. The lowest BCUT2D eigenvalue weighted by atomic mass is 10.1. The third-order valence-electron chi connectivity index (χ3n) is 6.04. The van der Waals surface area contributed by atoms with Crippen LogP contribution in [-0.4, -0.2) is 57.1 Å². The molecule has 2 aromatic rings. The van der Waals surface area contributed by atoms with Crippen LogP contribution in [0.5, 0.6) is 0 Å². The Morgan fingerprint density at radius 3 is 2.10 bits per heavy atom. The number of nitrogens with zero attached hydrogens (tertiary/aromatic N) is 3. The first-order valence-electron chi connectivity index (χ1n) is 10.5. The van der Waals surface area contributed by atoms with Crippen molar-refractivity contribution in [2.45, 2.75) is 31.6 Å². The molecule has 2 fully saturated rings. The number of carbonyl (C=O) groups excluding carboxylic acids is 2. The highest BCUT2D eigenvalue weighted by atomic mass is 32.2. The molecule has 8 heteroatoms. The monoisotopic (exact) mass is 441 g/mol. The van der Waals surface area contributed by atoms with Crippen molar-refractivity contribution in [1.29, 1.82) is 0 Å². The van der Waals surface area contributed by atoms with Crippen LogP contribution in [0, 0.1) is 6.92 Å². The van der Waals surface area contributed by atoms with Crippen molar-refractivity contribution < 1.29 is 18.0 Å². The van der Waals surface area contributed by atoms with Crippen molar-refractivity contribution in [3.05, 3.63) is 53.6 Å². The molecule has 0 saturated carbocycles. The summed E-state index contributed by atoms with van der Waals surface area (Å²) in [6, 6.07) is 12.6. The van der Waals surface area contributed by atoms with Gasteiger partial charge in [-0.1, -0.05) is 0 Å². The van der Waals surface area contributed by atoms with Crippen LogP contribution in [0.3, 0.4) is 0 Å². The summed E-state index contributed by atoms with van der Waals surface area (Å²) in [7, 11) is -3.61. The Hall–Kier alpha value is -2.71. The normalized spacial score (nSPS) is 17.9. The molecule has 31 heavy (non-hydrogen) atoms. The highest BCUT2D eigenvalue weighted by Gasteiger charge is 2.30. The quantitative estimate of drug-likeness (QED) is 0.667. The number of amides is 1. The van der Waals surface area contributed by atoms with Gasteiger partial charge in [0, 0.05) is 56.1 Å². The average Bonchev–Trinajstić information content (AvgIpc) is 3.19. The molecule has 2 heterocycles. The summed E-state index contributed by atoms with van der Waals surface area (Å²) in [5.74, 6) is 0.111. The third kappa shape index (κ3) is 4.22. The maximum atomic E-state index is 13.3. The molecule has 0 atom stereocenters. The maximum Gasteiger partial charge on any atom is 0.243 e. The van der Waals surface area contributed by atoms with E-state index in [1.807, 2.05) is 12.1 Å². The summed E-state index contributed by atoms with van der Waals surface area (Å²) >= 11 is 0. The molecule has 0 N–H and O–H groups in total. The van der Waals surface area contributed by atoms with E-state index >= 15 is 0 Å². The lowest BCUT2D eigenvalue weighted by Gasteiger charge is -2.35. The summed E-state index contributed by atoms with van der Waals surface area (Å²) in [6.45, 7) is 5.95. The fourth-order valence-corrected chi connectivity index (χ4v) is 5.87. The molecule has 4 rings (SSSR count). The molecule has 2 saturated heterocycles. The largest absolute Gasteiger partial charge is 0.369 e. The van der Waals surface area contributed by atoms with Gasteiger partial charge < -0.3 is 9.80 Å². The number of rotatable bonds is 5. The number of piperazine rings is 1. The molecule has 7 nitrogen and oxygen atoms in total. The van der Waals surface area contributed by atoms with Gasteiger partial charge in [0.2, 0.25) is 15.9 Å². The van der Waals surface area contributed by atoms with Gasteiger partial charge in [0.25, 0.3) is 0 Å². The molecule has 0 radical (unpaired) electrons. The number of benzene rings is 2. The van der Waals surface area contributed by atoms with Gasteiger partial charge in [0.1, 0.15) is 0 Å². The molecule has 2 aliphatic heterocycles. The van der Waals surface area contributed by atoms with Crippen molar-refractivity contribution in [2.75, 3.05) is 42.5 Å². The van der Waals surface area contributed by atoms with Crippen LogP contribution in [0.2, 0.25) is 0 Å². The number of aryl methyl sites for hydroxylation is 1. The molecule has 0 spiro atoms. The highest BCUT2D eigenvalue weighted by molar-refractivity contribution is 7.89. The maximum absolute atomic E-state index is 13.3. The molecule has 2 aliphatic rings. The predicted octanol–water partition coefficient (Wildman–Crippen LogP) is 2.84. The highest BCUT2D eigenvalue weighted by Crippen LogP contribution is 2.28. The SMILES string of the molecule is CC(=O)c1ccc(N2CCN(S(=O)(=O)c3ccc(N4CCCC4=O)cc3C)CC2)cc1. The van der Waals surface area contributed by atoms with E-state index in [4.69, 9.17) is 0 Å². The van der Waals surface area contributed by atoms with Gasteiger partial charge in [-0.3, -0.25) is 9.59 Å². The minimum absolute atomic E-state index is 0.0259. The molecule has 2 aromatic carbocycles. The average molecular weight is 442 g/mol. The lowest BCUT2D eigenvalue weighted by molar-refractivity contribution is -0.117. The van der Waals surface area contributed by atoms with Crippen LogP contribution in [0.15, 0.2) is 47.4 Å². The van der Waals surface area contributed by atoms with Crippen LogP contribution >= 0.6 is 0 Å². The first-order chi connectivity index (χ1) is 14.8. The molecule has 0 unspecified atom stereocenters. The number of hydrogen-bond donors (Lipinski definition) is 0. The molecular weight excluding hydrogens is 414 g/mol. The molecule has 0 aromatic heterocycles. The lowest BCUT2D eigenvalue weighted by Crippen LogP contribution is -2.48. The Morgan fingerprint density at radius 2 is 1.55 bits per heavy atom. The van der Waals surface area contributed by atoms with Crippen molar-refractivity contribution in [3.63, 3.8) is 0 Å². The standard InChI is InChI=1S/C23H27N3O4S/c1-17-16-21(26-11-3-4-23(26)28)9-10-22(17)31(29,30)25-14-12-24(13-15-25)20-7-5-19(6-8-20)18(2)27/h5-10,16H,3-4,11-15H2,1-2H3. The fraction of sp³-hybridized carbons (Fsp3) is 0.391. The van der Waals surface area contributed by atoms with Crippen molar-refractivity contribution in [2.24, 2.45) is 0 Å². The van der Waals surface area contributed by atoms with Crippen molar-refractivity contribution >= 4 is 33.1 Å². The van der Waals surface area contributed by atoms with E-state index in [0.717, 1.165) is 17.8 Å². The van der Waals surface area contributed by atoms with Crippen LogP contribution in [0.25, 0.3) is 0 Å². The number of anilines is 2. The van der Waals surface area contributed by atoms with Gasteiger partial charge in [0.05, 0.1) is 4.90 Å². The first kappa shape index (κ1) is 21.5. The van der Waals surface area contributed by atoms with Gasteiger partial charge in [-0.25, -0.2) is 8.42 Å².